The summed E-state index contributed by atoms with van der Waals surface area (Å²) in [7, 11) is -3.39. The van der Waals surface area contributed by atoms with E-state index in [0.29, 0.717) is 19.6 Å². The van der Waals surface area contributed by atoms with E-state index in [4.69, 9.17) is 4.74 Å². The molecule has 2 heterocycles. The van der Waals surface area contributed by atoms with Gasteiger partial charge in [-0.05, 0) is 31.7 Å². The van der Waals surface area contributed by atoms with Crippen LogP contribution in [-0.4, -0.2) is 44.6 Å². The van der Waals surface area contributed by atoms with E-state index in [0.717, 1.165) is 6.42 Å². The summed E-state index contributed by atoms with van der Waals surface area (Å²) in [6, 6.07) is 3.98. The number of hydrogen-bond donors (Lipinski definition) is 1. The molecule has 1 aromatic rings. The maximum Gasteiger partial charge on any atom is 0.279 e. The molecule has 1 aliphatic heterocycles. The highest BCUT2D eigenvalue weighted by Gasteiger charge is 2.30. The van der Waals surface area contributed by atoms with Crippen molar-refractivity contribution >= 4 is 21.5 Å². The smallest absolute Gasteiger partial charge is 0.279 e. The van der Waals surface area contributed by atoms with E-state index >= 15 is 0 Å². The zero-order chi connectivity index (χ0) is 13.9. The van der Waals surface area contributed by atoms with Crippen LogP contribution in [0.3, 0.4) is 0 Å². The van der Waals surface area contributed by atoms with Crippen LogP contribution >= 0.6 is 11.3 Å². The highest BCUT2D eigenvalue weighted by atomic mass is 32.2. The maximum atomic E-state index is 12.2. The number of rotatable bonds is 5. The van der Waals surface area contributed by atoms with Crippen LogP contribution in [0, 0.1) is 0 Å². The highest BCUT2D eigenvalue weighted by molar-refractivity contribution is 7.87. The summed E-state index contributed by atoms with van der Waals surface area (Å²) in [5.74, 6) is 0. The molecule has 1 saturated heterocycles. The van der Waals surface area contributed by atoms with Crippen LogP contribution in [0.15, 0.2) is 17.5 Å². The first-order valence-corrected chi connectivity index (χ1v) is 8.72. The SMILES string of the molecule is C[C@@H]1CN(S(=O)(=O)NCCc2cccs2)C[C@@H](C)O1. The number of nitrogens with zero attached hydrogens (tertiary/aromatic N) is 1. The first-order valence-electron chi connectivity index (χ1n) is 6.40. The lowest BCUT2D eigenvalue weighted by molar-refractivity contribution is -0.0443. The van der Waals surface area contributed by atoms with E-state index in [1.54, 1.807) is 11.3 Å². The van der Waals surface area contributed by atoms with E-state index in [9.17, 15) is 8.42 Å². The second-order valence-corrected chi connectivity index (χ2v) is 7.59. The van der Waals surface area contributed by atoms with Crippen LogP contribution in [0.1, 0.15) is 18.7 Å². The topological polar surface area (TPSA) is 58.6 Å². The van der Waals surface area contributed by atoms with E-state index in [-0.39, 0.29) is 12.2 Å². The quantitative estimate of drug-likeness (QED) is 0.890. The third-order valence-electron chi connectivity index (χ3n) is 2.96. The van der Waals surface area contributed by atoms with Gasteiger partial charge in [-0.15, -0.1) is 11.3 Å². The zero-order valence-electron chi connectivity index (χ0n) is 11.2. The third kappa shape index (κ3) is 4.25. The number of hydrogen-bond acceptors (Lipinski definition) is 4. The Morgan fingerprint density at radius 3 is 2.68 bits per heavy atom. The Kier molecular flexibility index (Phi) is 4.97. The summed E-state index contributed by atoms with van der Waals surface area (Å²) < 4.78 is 34.0. The molecule has 0 bridgehead atoms. The fourth-order valence-electron chi connectivity index (χ4n) is 2.18. The lowest BCUT2D eigenvalue weighted by Gasteiger charge is -2.34. The molecular formula is C12H20N2O3S2. The van der Waals surface area contributed by atoms with Crippen molar-refractivity contribution in [1.82, 2.24) is 9.03 Å². The second-order valence-electron chi connectivity index (χ2n) is 4.80. The molecule has 0 unspecified atom stereocenters. The van der Waals surface area contributed by atoms with Crippen LogP contribution in [0.5, 0.6) is 0 Å². The van der Waals surface area contributed by atoms with Crippen molar-refractivity contribution in [2.45, 2.75) is 32.5 Å². The Balaban J connectivity index is 1.87. The maximum absolute atomic E-state index is 12.2. The van der Waals surface area contributed by atoms with Gasteiger partial charge in [0.1, 0.15) is 0 Å². The molecule has 2 rings (SSSR count). The Labute approximate surface area is 118 Å². The lowest BCUT2D eigenvalue weighted by Crippen LogP contribution is -2.52. The molecule has 108 valence electrons. The van der Waals surface area contributed by atoms with Crippen LogP contribution in [0.4, 0.5) is 0 Å². The van der Waals surface area contributed by atoms with Crippen molar-refractivity contribution in [3.05, 3.63) is 22.4 Å². The molecule has 1 aliphatic rings. The van der Waals surface area contributed by atoms with E-state index in [1.807, 2.05) is 31.4 Å². The summed E-state index contributed by atoms with van der Waals surface area (Å²) in [5.41, 5.74) is 0. The van der Waals surface area contributed by atoms with Gasteiger partial charge in [0, 0.05) is 24.5 Å². The third-order valence-corrected chi connectivity index (χ3v) is 5.45. The van der Waals surface area contributed by atoms with E-state index < -0.39 is 10.2 Å². The van der Waals surface area contributed by atoms with Gasteiger partial charge in [-0.25, -0.2) is 4.72 Å². The Morgan fingerprint density at radius 2 is 2.11 bits per heavy atom. The standard InChI is InChI=1S/C12H20N2O3S2/c1-10-8-14(9-11(2)17-10)19(15,16)13-6-5-12-4-3-7-18-12/h3-4,7,10-11,13H,5-6,8-9H2,1-2H3/t10-,11-/m1/s1. The molecule has 0 spiro atoms. The molecular weight excluding hydrogens is 284 g/mol. The number of ether oxygens (including phenoxy) is 1. The molecule has 2 atom stereocenters. The molecule has 0 amide bonds. The number of nitrogens with one attached hydrogen (secondary N) is 1. The number of thiophene rings is 1. The predicted molar refractivity (Wildman–Crippen MR) is 76.5 cm³/mol. The van der Waals surface area contributed by atoms with Gasteiger partial charge in [0.05, 0.1) is 12.2 Å². The van der Waals surface area contributed by atoms with Crippen molar-refractivity contribution < 1.29 is 13.2 Å². The van der Waals surface area contributed by atoms with E-state index in [1.165, 1.54) is 9.18 Å². The minimum absolute atomic E-state index is 0.0578. The summed E-state index contributed by atoms with van der Waals surface area (Å²) >= 11 is 1.64. The molecule has 0 aromatic carbocycles. The molecule has 7 heteroatoms. The molecule has 1 aromatic heterocycles. The normalized spacial score (nSPS) is 25.6. The van der Waals surface area contributed by atoms with Gasteiger partial charge in [0.25, 0.3) is 10.2 Å². The van der Waals surface area contributed by atoms with Crippen molar-refractivity contribution in [2.24, 2.45) is 0 Å². The summed E-state index contributed by atoms with van der Waals surface area (Å²) in [4.78, 5) is 1.19. The largest absolute Gasteiger partial charge is 0.373 e. The van der Waals surface area contributed by atoms with Gasteiger partial charge in [0.15, 0.2) is 0 Å². The van der Waals surface area contributed by atoms with Gasteiger partial charge in [-0.3, -0.25) is 0 Å². The minimum atomic E-state index is -3.39. The fourth-order valence-corrected chi connectivity index (χ4v) is 4.24. The second kappa shape index (κ2) is 6.32. The van der Waals surface area contributed by atoms with Crippen LogP contribution < -0.4 is 4.72 Å². The molecule has 1 fully saturated rings. The summed E-state index contributed by atoms with van der Waals surface area (Å²) in [6.45, 7) is 5.05. The first kappa shape index (κ1) is 14.9. The monoisotopic (exact) mass is 304 g/mol. The average molecular weight is 304 g/mol. The van der Waals surface area contributed by atoms with Crippen LogP contribution in [0.2, 0.25) is 0 Å². The predicted octanol–water partition coefficient (Wildman–Crippen LogP) is 1.23. The molecule has 0 saturated carbocycles. The molecule has 1 N–H and O–H groups in total. The van der Waals surface area contributed by atoms with Gasteiger partial charge in [0.2, 0.25) is 0 Å². The molecule has 5 nitrogen and oxygen atoms in total. The van der Waals surface area contributed by atoms with Crippen molar-refractivity contribution in [3.8, 4) is 0 Å². The van der Waals surface area contributed by atoms with Gasteiger partial charge in [-0.1, -0.05) is 6.07 Å². The van der Waals surface area contributed by atoms with Crippen molar-refractivity contribution in [2.75, 3.05) is 19.6 Å². The van der Waals surface area contributed by atoms with E-state index in [2.05, 4.69) is 4.72 Å². The Morgan fingerprint density at radius 1 is 1.42 bits per heavy atom. The van der Waals surface area contributed by atoms with Crippen LogP contribution in [-0.2, 0) is 21.4 Å². The highest BCUT2D eigenvalue weighted by Crippen LogP contribution is 2.14. The van der Waals surface area contributed by atoms with Gasteiger partial charge < -0.3 is 4.74 Å². The molecule has 0 radical (unpaired) electrons. The first-order chi connectivity index (χ1) is 8.97. The number of morpholine rings is 1. The minimum Gasteiger partial charge on any atom is -0.373 e. The molecule has 0 aliphatic carbocycles. The Hall–Kier alpha value is -0.470. The fraction of sp³-hybridized carbons (Fsp3) is 0.667. The van der Waals surface area contributed by atoms with Gasteiger partial charge >= 0.3 is 0 Å². The molecule has 19 heavy (non-hydrogen) atoms. The Bertz CT molecular complexity index is 477. The van der Waals surface area contributed by atoms with Crippen LogP contribution in [0.25, 0.3) is 0 Å². The summed E-state index contributed by atoms with van der Waals surface area (Å²) in [5, 5.41) is 2.00. The van der Waals surface area contributed by atoms with Gasteiger partial charge in [-0.2, -0.15) is 12.7 Å². The van der Waals surface area contributed by atoms with Crippen molar-refractivity contribution in [1.29, 1.82) is 0 Å². The van der Waals surface area contributed by atoms with Crippen molar-refractivity contribution in [3.63, 3.8) is 0 Å². The lowest BCUT2D eigenvalue weighted by atomic mass is 10.3. The average Bonchev–Trinajstić information content (AvgIpc) is 2.80. The summed E-state index contributed by atoms with van der Waals surface area (Å²) in [6.07, 6.45) is 0.613. The zero-order valence-corrected chi connectivity index (χ0v) is 12.8.